The highest BCUT2D eigenvalue weighted by molar-refractivity contribution is 6.30. The van der Waals surface area contributed by atoms with Crippen molar-refractivity contribution in [2.75, 3.05) is 0 Å². The molecule has 21 heavy (non-hydrogen) atoms. The van der Waals surface area contributed by atoms with Crippen LogP contribution in [0.15, 0.2) is 48.5 Å². The van der Waals surface area contributed by atoms with Gasteiger partial charge in [0, 0.05) is 5.02 Å². The molecule has 4 heteroatoms. The van der Waals surface area contributed by atoms with Crippen molar-refractivity contribution in [2.24, 2.45) is 0 Å². The monoisotopic (exact) mass is 303 g/mol. The number of ether oxygens (including phenoxy) is 1. The van der Waals surface area contributed by atoms with Gasteiger partial charge in [-0.05, 0) is 48.7 Å². The number of halogens is 1. The van der Waals surface area contributed by atoms with E-state index in [4.69, 9.17) is 16.3 Å². The van der Waals surface area contributed by atoms with E-state index in [1.165, 1.54) is 6.92 Å². The van der Waals surface area contributed by atoms with Crippen LogP contribution in [0, 0.1) is 0 Å². The lowest BCUT2D eigenvalue weighted by atomic mass is 10.0. The summed E-state index contributed by atoms with van der Waals surface area (Å²) in [7, 11) is 0. The summed E-state index contributed by atoms with van der Waals surface area (Å²) in [5.74, 6) is -0.715. The lowest BCUT2D eigenvalue weighted by Gasteiger charge is -2.30. The summed E-state index contributed by atoms with van der Waals surface area (Å²) in [6.45, 7) is 3.26. The first-order valence-corrected chi connectivity index (χ1v) is 7.09. The fourth-order valence-corrected chi connectivity index (χ4v) is 2.00. The Balaban J connectivity index is 2.19. The summed E-state index contributed by atoms with van der Waals surface area (Å²) in [6.07, 6.45) is 0.328. The van der Waals surface area contributed by atoms with E-state index in [0.717, 1.165) is 11.1 Å². The van der Waals surface area contributed by atoms with Gasteiger partial charge in [0.25, 0.3) is 0 Å². The molecule has 0 saturated carbocycles. The van der Waals surface area contributed by atoms with Crippen LogP contribution in [0.1, 0.15) is 20.3 Å². The van der Waals surface area contributed by atoms with Crippen LogP contribution in [-0.2, 0) is 4.79 Å². The van der Waals surface area contributed by atoms with Gasteiger partial charge >= 0.3 is 0 Å². The highest BCUT2D eigenvalue weighted by Gasteiger charge is 2.25. The van der Waals surface area contributed by atoms with E-state index in [1.807, 2.05) is 36.4 Å². The summed E-state index contributed by atoms with van der Waals surface area (Å²) in [4.78, 5) is 11.1. The lowest BCUT2D eigenvalue weighted by molar-refractivity contribution is -0.321. The molecule has 0 fully saturated rings. The summed E-state index contributed by atoms with van der Waals surface area (Å²) in [5, 5.41) is 11.8. The van der Waals surface area contributed by atoms with E-state index in [1.54, 1.807) is 19.1 Å². The van der Waals surface area contributed by atoms with Crippen LogP contribution in [0.4, 0.5) is 0 Å². The van der Waals surface area contributed by atoms with Crippen molar-refractivity contribution in [3.05, 3.63) is 53.6 Å². The Hall–Kier alpha value is -2.00. The first kappa shape index (κ1) is 15.4. The molecule has 2 aromatic rings. The van der Waals surface area contributed by atoms with Crippen molar-refractivity contribution in [1.82, 2.24) is 0 Å². The van der Waals surface area contributed by atoms with Gasteiger partial charge in [-0.2, -0.15) is 0 Å². The maximum atomic E-state index is 11.1. The van der Waals surface area contributed by atoms with Crippen molar-refractivity contribution in [3.63, 3.8) is 0 Å². The molecule has 0 aliphatic carbocycles. The maximum absolute atomic E-state index is 11.1. The highest BCUT2D eigenvalue weighted by Crippen LogP contribution is 2.26. The molecule has 1 unspecified atom stereocenters. The summed E-state index contributed by atoms with van der Waals surface area (Å²) < 4.78 is 5.54. The van der Waals surface area contributed by atoms with Gasteiger partial charge in [-0.3, -0.25) is 0 Å². The molecule has 2 rings (SSSR count). The Labute approximate surface area is 129 Å². The molecule has 0 aliphatic rings. The molecular formula is C17H16ClO3-. The van der Waals surface area contributed by atoms with Crippen LogP contribution in [0.3, 0.4) is 0 Å². The number of carboxylic acid groups (broad SMARTS) is 1. The van der Waals surface area contributed by atoms with Crippen molar-refractivity contribution >= 4 is 17.6 Å². The molecule has 110 valence electrons. The van der Waals surface area contributed by atoms with Crippen LogP contribution in [0.5, 0.6) is 5.75 Å². The Morgan fingerprint density at radius 1 is 1.10 bits per heavy atom. The fraction of sp³-hybridized carbons (Fsp3) is 0.235. The van der Waals surface area contributed by atoms with Crippen molar-refractivity contribution in [1.29, 1.82) is 0 Å². The third-order valence-electron chi connectivity index (χ3n) is 3.48. The number of rotatable bonds is 5. The standard InChI is InChI=1S/C17H17ClO3/c1-3-17(2,16(19)20)21-15-10-6-13(7-11-15)12-4-8-14(18)9-5-12/h4-11H,3H2,1-2H3,(H,19,20)/p-1. The topological polar surface area (TPSA) is 49.4 Å². The lowest BCUT2D eigenvalue weighted by Crippen LogP contribution is -2.49. The molecule has 0 spiro atoms. The third-order valence-corrected chi connectivity index (χ3v) is 3.73. The van der Waals surface area contributed by atoms with Gasteiger partial charge in [0.15, 0.2) is 0 Å². The third kappa shape index (κ3) is 3.56. The molecular weight excluding hydrogens is 288 g/mol. The largest absolute Gasteiger partial charge is 0.546 e. The number of carbonyl (C=O) groups excluding carboxylic acids is 1. The van der Waals surface area contributed by atoms with Crippen LogP contribution in [0.2, 0.25) is 5.02 Å². The maximum Gasteiger partial charge on any atom is 0.145 e. The summed E-state index contributed by atoms with van der Waals surface area (Å²) >= 11 is 5.86. The fourth-order valence-electron chi connectivity index (χ4n) is 1.88. The number of hydrogen-bond donors (Lipinski definition) is 0. The van der Waals surface area contributed by atoms with Gasteiger partial charge in [-0.25, -0.2) is 0 Å². The molecule has 3 nitrogen and oxygen atoms in total. The normalized spacial score (nSPS) is 13.5. The van der Waals surface area contributed by atoms with Crippen LogP contribution in [0.25, 0.3) is 11.1 Å². The zero-order chi connectivity index (χ0) is 15.5. The van der Waals surface area contributed by atoms with Crippen LogP contribution in [-0.4, -0.2) is 11.6 Å². The molecule has 0 bridgehead atoms. The van der Waals surface area contributed by atoms with E-state index in [-0.39, 0.29) is 0 Å². The zero-order valence-corrected chi connectivity index (χ0v) is 12.7. The molecule has 0 aromatic heterocycles. The van der Waals surface area contributed by atoms with Gasteiger partial charge in [-0.15, -0.1) is 0 Å². The first-order chi connectivity index (χ1) is 9.94. The highest BCUT2D eigenvalue weighted by atomic mass is 35.5. The predicted octanol–water partition coefficient (Wildman–Crippen LogP) is 3.30. The van der Waals surface area contributed by atoms with E-state index >= 15 is 0 Å². The number of carboxylic acids is 1. The number of benzene rings is 2. The van der Waals surface area contributed by atoms with Crippen molar-refractivity contribution in [3.8, 4) is 16.9 Å². The van der Waals surface area contributed by atoms with Crippen LogP contribution < -0.4 is 9.84 Å². The molecule has 0 heterocycles. The van der Waals surface area contributed by atoms with E-state index < -0.39 is 11.6 Å². The predicted molar refractivity (Wildman–Crippen MR) is 81.2 cm³/mol. The summed E-state index contributed by atoms with van der Waals surface area (Å²) in [5.41, 5.74) is 0.719. The molecule has 0 N–H and O–H groups in total. The average molecular weight is 304 g/mol. The molecule has 2 aromatic carbocycles. The molecule has 1 atom stereocenters. The van der Waals surface area contributed by atoms with E-state index in [9.17, 15) is 9.90 Å². The van der Waals surface area contributed by atoms with Crippen molar-refractivity contribution in [2.45, 2.75) is 25.9 Å². The van der Waals surface area contributed by atoms with Gasteiger partial charge < -0.3 is 14.6 Å². The molecule has 0 aliphatic heterocycles. The smallest absolute Gasteiger partial charge is 0.145 e. The first-order valence-electron chi connectivity index (χ1n) is 6.71. The Kier molecular flexibility index (Phi) is 4.53. The Morgan fingerprint density at radius 2 is 1.57 bits per heavy atom. The Morgan fingerprint density at radius 3 is 2.00 bits per heavy atom. The number of carbonyl (C=O) groups is 1. The van der Waals surface area contributed by atoms with Gasteiger partial charge in [-0.1, -0.05) is 42.8 Å². The average Bonchev–Trinajstić information content (AvgIpc) is 2.48. The van der Waals surface area contributed by atoms with Gasteiger partial charge in [0.05, 0.1) is 5.97 Å². The second kappa shape index (κ2) is 6.19. The van der Waals surface area contributed by atoms with Gasteiger partial charge in [0.2, 0.25) is 0 Å². The molecule has 0 saturated heterocycles. The van der Waals surface area contributed by atoms with Gasteiger partial charge in [0.1, 0.15) is 11.4 Å². The van der Waals surface area contributed by atoms with Crippen LogP contribution >= 0.6 is 11.6 Å². The quantitative estimate of drug-likeness (QED) is 0.851. The minimum absolute atomic E-state index is 0.328. The number of aliphatic carboxylic acids is 1. The minimum atomic E-state index is -1.32. The zero-order valence-electron chi connectivity index (χ0n) is 11.9. The van der Waals surface area contributed by atoms with E-state index in [2.05, 4.69) is 0 Å². The SMILES string of the molecule is CCC(C)(Oc1ccc(-c2ccc(Cl)cc2)cc1)C(=O)[O-]. The summed E-state index contributed by atoms with van der Waals surface area (Å²) in [6, 6.07) is 14.8. The second-order valence-corrected chi connectivity index (χ2v) is 5.44. The number of hydrogen-bond acceptors (Lipinski definition) is 3. The van der Waals surface area contributed by atoms with Crippen molar-refractivity contribution < 1.29 is 14.6 Å². The Bertz CT molecular complexity index is 619. The molecule has 0 amide bonds. The van der Waals surface area contributed by atoms with E-state index in [0.29, 0.717) is 17.2 Å². The minimum Gasteiger partial charge on any atom is -0.546 e. The molecule has 0 radical (unpaired) electrons. The second-order valence-electron chi connectivity index (χ2n) is 5.01.